The first-order valence-electron chi connectivity index (χ1n) is 8.25. The lowest BCUT2D eigenvalue weighted by Gasteiger charge is -2.05. The second-order valence-corrected chi connectivity index (χ2v) is 6.73. The highest BCUT2D eigenvalue weighted by Crippen LogP contribution is 2.29. The maximum absolute atomic E-state index is 9.92. The summed E-state index contributed by atoms with van der Waals surface area (Å²) in [7, 11) is 0. The van der Waals surface area contributed by atoms with Crippen molar-refractivity contribution in [2.24, 2.45) is 21.2 Å². The summed E-state index contributed by atoms with van der Waals surface area (Å²) in [5.74, 6) is 5.11. The molecule has 0 saturated carbocycles. The molecule has 148 valence electrons. The minimum Gasteiger partial charge on any atom is -0.506 e. The number of azo groups is 1. The highest BCUT2D eigenvalue weighted by molar-refractivity contribution is 7.94. The van der Waals surface area contributed by atoms with E-state index < -0.39 is 0 Å². The maximum Gasteiger partial charge on any atom is 0.201 e. The van der Waals surface area contributed by atoms with Crippen LogP contribution in [0.4, 0.5) is 11.4 Å². The van der Waals surface area contributed by atoms with Gasteiger partial charge in [-0.25, -0.2) is 0 Å². The molecule has 0 aliphatic heterocycles. The Balaban J connectivity index is 1.82. The van der Waals surface area contributed by atoms with Gasteiger partial charge in [0.1, 0.15) is 11.4 Å². The lowest BCUT2D eigenvalue weighted by Crippen LogP contribution is -2.01. The van der Waals surface area contributed by atoms with Gasteiger partial charge in [-0.3, -0.25) is 5.43 Å². The molecule has 0 amide bonds. The molecule has 0 saturated heterocycles. The second-order valence-electron chi connectivity index (χ2n) is 5.52. The quantitative estimate of drug-likeness (QED) is 0.115. The van der Waals surface area contributed by atoms with Crippen LogP contribution in [-0.4, -0.2) is 10.9 Å². The number of phenols is 1. The molecule has 0 atom stereocenters. The van der Waals surface area contributed by atoms with Crippen molar-refractivity contribution in [2.75, 3.05) is 5.43 Å². The van der Waals surface area contributed by atoms with Crippen LogP contribution in [-0.2, 0) is 9.32 Å². The van der Waals surface area contributed by atoms with Gasteiger partial charge in [0.25, 0.3) is 0 Å². The van der Waals surface area contributed by atoms with Crippen molar-refractivity contribution >= 4 is 40.9 Å². The van der Waals surface area contributed by atoms with Crippen LogP contribution in [0.3, 0.4) is 0 Å². The van der Waals surface area contributed by atoms with E-state index in [9.17, 15) is 5.11 Å². The zero-order valence-electron chi connectivity index (χ0n) is 14.9. The molecule has 0 bridgehead atoms. The predicted molar refractivity (Wildman–Crippen MR) is 113 cm³/mol. The van der Waals surface area contributed by atoms with E-state index >= 15 is 0 Å². The number of hydrogen-bond donors (Lipinski definition) is 3. The highest BCUT2D eigenvalue weighted by Gasteiger charge is 2.05. The van der Waals surface area contributed by atoms with Gasteiger partial charge >= 0.3 is 0 Å². The Kier molecular flexibility index (Phi) is 7.56. The molecule has 0 spiro atoms. The van der Waals surface area contributed by atoms with Gasteiger partial charge in [0, 0.05) is 15.5 Å². The topological polar surface area (TPSA) is 114 Å². The molecule has 29 heavy (non-hydrogen) atoms. The third kappa shape index (κ3) is 6.28. The minimum absolute atomic E-state index is 0.0321. The van der Waals surface area contributed by atoms with E-state index in [1.807, 2.05) is 30.3 Å². The Labute approximate surface area is 176 Å². The van der Waals surface area contributed by atoms with Crippen molar-refractivity contribution < 1.29 is 14.4 Å². The number of halogens is 1. The van der Waals surface area contributed by atoms with Gasteiger partial charge in [0.15, 0.2) is 0 Å². The van der Waals surface area contributed by atoms with E-state index in [2.05, 4.69) is 30.1 Å². The summed E-state index contributed by atoms with van der Waals surface area (Å²) in [4.78, 5) is 4.86. The molecule has 0 aliphatic carbocycles. The normalized spacial score (nSPS) is 11.7. The smallest absolute Gasteiger partial charge is 0.201 e. The molecule has 0 fully saturated rings. The number of nitrogens with two attached hydrogens (primary N) is 1. The zero-order valence-corrected chi connectivity index (χ0v) is 16.5. The number of nitrogens with zero attached hydrogens (tertiary/aromatic N) is 3. The van der Waals surface area contributed by atoms with Crippen LogP contribution in [0.15, 0.2) is 93.0 Å². The molecule has 0 radical (unpaired) electrons. The number of benzene rings is 3. The Hall–Kier alpha value is -2.95. The Bertz CT molecular complexity index is 1000. The van der Waals surface area contributed by atoms with Crippen molar-refractivity contribution in [3.8, 4) is 5.75 Å². The monoisotopic (exact) mass is 429 g/mol. The summed E-state index contributed by atoms with van der Waals surface area (Å²) < 4.78 is 4.60. The van der Waals surface area contributed by atoms with Gasteiger partial charge in [-0.15, -0.1) is 19.6 Å². The van der Waals surface area contributed by atoms with Crippen LogP contribution in [0.2, 0.25) is 5.02 Å². The molecule has 3 aromatic rings. The standard InChI is InChI=1S/C19H16ClN5O3S/c20-14-6-11-18(26)17(12-14)23-25-19(13-4-2-1-3-5-13)24-22-15-7-9-16(10-8-15)29-28-27-21/h1-12,22,26H,21H2/b24-19-,25-23?. The van der Waals surface area contributed by atoms with Gasteiger partial charge in [-0.2, -0.15) is 11.0 Å². The Morgan fingerprint density at radius 2 is 1.79 bits per heavy atom. The van der Waals surface area contributed by atoms with Gasteiger partial charge in [0.05, 0.1) is 17.7 Å². The maximum atomic E-state index is 9.92. The van der Waals surface area contributed by atoms with E-state index in [4.69, 9.17) is 17.5 Å². The molecule has 8 nitrogen and oxygen atoms in total. The van der Waals surface area contributed by atoms with E-state index in [0.29, 0.717) is 10.9 Å². The van der Waals surface area contributed by atoms with Crippen LogP contribution >= 0.6 is 23.6 Å². The number of hydrogen-bond acceptors (Lipinski definition) is 8. The van der Waals surface area contributed by atoms with E-state index in [1.165, 1.54) is 12.1 Å². The Morgan fingerprint density at radius 3 is 2.52 bits per heavy atom. The van der Waals surface area contributed by atoms with Crippen LogP contribution in [0.25, 0.3) is 0 Å². The summed E-state index contributed by atoms with van der Waals surface area (Å²) >= 11 is 6.93. The zero-order chi connectivity index (χ0) is 20.5. The fourth-order valence-electron chi connectivity index (χ4n) is 2.17. The molecule has 0 aliphatic rings. The molecular formula is C19H16ClN5O3S. The molecule has 0 heterocycles. The van der Waals surface area contributed by atoms with Gasteiger partial charge < -0.3 is 5.11 Å². The van der Waals surface area contributed by atoms with Crippen molar-refractivity contribution in [3.05, 3.63) is 83.4 Å². The SMILES string of the molecule is NOOSc1ccc(N/N=C(\N=Nc2cc(Cl)ccc2O)c2ccccc2)cc1. The van der Waals surface area contributed by atoms with Crippen LogP contribution in [0.1, 0.15) is 5.56 Å². The largest absolute Gasteiger partial charge is 0.506 e. The summed E-state index contributed by atoms with van der Waals surface area (Å²) in [5.41, 5.74) is 4.63. The first-order valence-corrected chi connectivity index (χ1v) is 9.37. The highest BCUT2D eigenvalue weighted by atomic mass is 35.5. The molecule has 0 unspecified atom stereocenters. The summed E-state index contributed by atoms with van der Waals surface area (Å²) in [6, 6.07) is 21.0. The van der Waals surface area contributed by atoms with Gasteiger partial charge in [-0.05, 0) is 42.5 Å². The van der Waals surface area contributed by atoms with Crippen molar-refractivity contribution in [3.63, 3.8) is 0 Å². The number of rotatable bonds is 7. The van der Waals surface area contributed by atoms with E-state index in [0.717, 1.165) is 28.2 Å². The second kappa shape index (κ2) is 10.6. The Morgan fingerprint density at radius 1 is 1.03 bits per heavy atom. The van der Waals surface area contributed by atoms with Crippen LogP contribution < -0.4 is 11.3 Å². The summed E-state index contributed by atoms with van der Waals surface area (Å²) in [6.07, 6.45) is 0. The van der Waals surface area contributed by atoms with Crippen molar-refractivity contribution in [2.45, 2.75) is 4.90 Å². The lowest BCUT2D eigenvalue weighted by atomic mass is 10.2. The van der Waals surface area contributed by atoms with Gasteiger partial charge in [0.2, 0.25) is 5.84 Å². The summed E-state index contributed by atoms with van der Waals surface area (Å²) in [6.45, 7) is 0. The molecule has 4 N–H and O–H groups in total. The average Bonchev–Trinajstić information content (AvgIpc) is 2.76. The molecule has 3 aromatic carbocycles. The fourth-order valence-corrected chi connectivity index (χ4v) is 2.70. The number of amidine groups is 1. The lowest BCUT2D eigenvalue weighted by molar-refractivity contribution is -0.195. The minimum atomic E-state index is -0.0321. The molecule has 0 aromatic heterocycles. The number of nitrogens with one attached hydrogen (secondary N) is 1. The van der Waals surface area contributed by atoms with Gasteiger partial charge in [-0.1, -0.05) is 41.9 Å². The fraction of sp³-hybridized carbons (Fsp3) is 0. The first-order chi connectivity index (χ1) is 14.2. The van der Waals surface area contributed by atoms with E-state index in [1.54, 1.807) is 30.3 Å². The number of phenolic OH excluding ortho intramolecular Hbond substituents is 1. The first kappa shape index (κ1) is 20.8. The molecule has 10 heteroatoms. The predicted octanol–water partition coefficient (Wildman–Crippen LogP) is 5.43. The number of anilines is 1. The summed E-state index contributed by atoms with van der Waals surface area (Å²) in [5, 5.41) is 22.9. The third-order valence-corrected chi connectivity index (χ3v) is 4.38. The van der Waals surface area contributed by atoms with Crippen LogP contribution in [0, 0.1) is 0 Å². The number of hydrazone groups is 1. The van der Waals surface area contributed by atoms with Crippen molar-refractivity contribution in [1.29, 1.82) is 0 Å². The van der Waals surface area contributed by atoms with Crippen molar-refractivity contribution in [1.82, 2.24) is 0 Å². The number of aromatic hydroxyl groups is 1. The van der Waals surface area contributed by atoms with E-state index in [-0.39, 0.29) is 11.4 Å². The molecular weight excluding hydrogens is 414 g/mol. The third-order valence-electron chi connectivity index (χ3n) is 3.54. The molecule has 3 rings (SSSR count). The van der Waals surface area contributed by atoms with Crippen LogP contribution in [0.5, 0.6) is 5.75 Å². The average molecular weight is 430 g/mol.